The second-order valence-corrected chi connectivity index (χ2v) is 7.42. The van der Waals surface area contributed by atoms with Crippen LogP contribution in [0.25, 0.3) is 0 Å². The molecule has 0 saturated heterocycles. The summed E-state index contributed by atoms with van der Waals surface area (Å²) in [5, 5.41) is 0. The zero-order chi connectivity index (χ0) is 16.1. The van der Waals surface area contributed by atoms with Gasteiger partial charge in [-0.25, -0.2) is 0 Å². The Balaban J connectivity index is 4.57. The van der Waals surface area contributed by atoms with Gasteiger partial charge in [0, 0.05) is 0 Å². The van der Waals surface area contributed by atoms with Crippen LogP contribution in [0, 0.1) is 0 Å². The Morgan fingerprint density at radius 3 is 1.57 bits per heavy atom. The van der Waals surface area contributed by atoms with Crippen molar-refractivity contribution in [2.75, 3.05) is 12.5 Å². The van der Waals surface area contributed by atoms with Crippen LogP contribution in [0.1, 0.15) is 59.3 Å². The molecule has 0 N–H and O–H groups in total. The van der Waals surface area contributed by atoms with Gasteiger partial charge in [0.2, 0.25) is 0 Å². The van der Waals surface area contributed by atoms with E-state index in [2.05, 4.69) is 45.9 Å². The average molecular weight is 354 g/mol. The molecule has 0 saturated carbocycles. The fraction of sp³-hybridized carbons (Fsp3) is 1.00. The lowest BCUT2D eigenvalue weighted by molar-refractivity contribution is 0.0637. The first-order valence-corrected chi connectivity index (χ1v) is 10.9. The van der Waals surface area contributed by atoms with Gasteiger partial charge in [-0.1, -0.05) is 40.0 Å². The normalized spacial score (nSPS) is 15.7. The largest absolute Gasteiger partial charge is 0.641 e. The zero-order valence-electron chi connectivity index (χ0n) is 14.0. The van der Waals surface area contributed by atoms with Crippen molar-refractivity contribution in [1.82, 2.24) is 0 Å². The predicted octanol–water partition coefficient (Wildman–Crippen LogP) is 5.06. The number of thiol groups is 1. The van der Waals surface area contributed by atoms with Crippen LogP contribution < -0.4 is 0 Å². The van der Waals surface area contributed by atoms with Crippen molar-refractivity contribution in [2.24, 2.45) is 0 Å². The molecule has 21 heavy (non-hydrogen) atoms. The Kier molecular flexibility index (Phi) is 15.3. The van der Waals surface area contributed by atoms with Gasteiger partial charge in [-0.2, -0.15) is 0 Å². The second kappa shape index (κ2) is 14.6. The summed E-state index contributed by atoms with van der Waals surface area (Å²) in [7, 11) is -0.632. The summed E-state index contributed by atoms with van der Waals surface area (Å²) in [5.74, 6) is 0. The van der Waals surface area contributed by atoms with Gasteiger partial charge < -0.3 is 14.0 Å². The maximum absolute atomic E-state index is 5.99. The molecule has 3 nitrogen and oxygen atoms in total. The van der Waals surface area contributed by atoms with Crippen LogP contribution in [-0.2, 0) is 14.0 Å². The minimum Gasteiger partial charge on any atom is -0.374 e. The van der Waals surface area contributed by atoms with E-state index in [0.717, 1.165) is 38.5 Å². The molecule has 0 aromatic rings. The Hall–Kier alpha value is 0.995. The van der Waals surface area contributed by atoms with E-state index in [1.54, 1.807) is 23.5 Å². The van der Waals surface area contributed by atoms with E-state index in [0.29, 0.717) is 0 Å². The summed E-state index contributed by atoms with van der Waals surface area (Å²) >= 11 is 7.86. The highest BCUT2D eigenvalue weighted by atomic mass is 32.2. The van der Waals surface area contributed by atoms with Crippen molar-refractivity contribution >= 4 is 43.5 Å². The Labute approximate surface area is 145 Å². The molecule has 0 aliphatic carbocycles. The molecule has 3 atom stereocenters. The summed E-state index contributed by atoms with van der Waals surface area (Å²) in [4.78, 5) is 0. The van der Waals surface area contributed by atoms with Crippen molar-refractivity contribution in [3.05, 3.63) is 0 Å². The van der Waals surface area contributed by atoms with E-state index >= 15 is 0 Å². The van der Waals surface area contributed by atoms with Crippen molar-refractivity contribution in [1.29, 1.82) is 0 Å². The highest BCUT2D eigenvalue weighted by molar-refractivity contribution is 7.99. The van der Waals surface area contributed by atoms with Gasteiger partial charge in [0.15, 0.2) is 0 Å². The molecular formula is C14H31BO3S3. The van der Waals surface area contributed by atoms with Gasteiger partial charge in [0.1, 0.15) is 0 Å². The summed E-state index contributed by atoms with van der Waals surface area (Å²) < 4.78 is 17.8. The van der Waals surface area contributed by atoms with E-state index in [1.165, 1.54) is 0 Å². The molecule has 0 amide bonds. The Bertz CT molecular complexity index is 222. The van der Waals surface area contributed by atoms with Gasteiger partial charge in [0.05, 0.1) is 16.3 Å². The Morgan fingerprint density at radius 2 is 1.24 bits per heavy atom. The number of hydrogen-bond acceptors (Lipinski definition) is 6. The third-order valence-electron chi connectivity index (χ3n) is 2.90. The minimum atomic E-state index is -0.632. The monoisotopic (exact) mass is 354 g/mol. The smallest absolute Gasteiger partial charge is 0.374 e. The van der Waals surface area contributed by atoms with Gasteiger partial charge in [-0.15, -0.1) is 36.2 Å². The van der Waals surface area contributed by atoms with Crippen molar-refractivity contribution < 1.29 is 14.0 Å². The van der Waals surface area contributed by atoms with Crippen LogP contribution in [0.15, 0.2) is 0 Å². The molecule has 0 radical (unpaired) electrons. The predicted molar refractivity (Wildman–Crippen MR) is 101 cm³/mol. The third-order valence-corrected chi connectivity index (χ3v) is 5.03. The van der Waals surface area contributed by atoms with Gasteiger partial charge >= 0.3 is 7.32 Å². The number of thioether (sulfide) groups is 2. The first-order valence-electron chi connectivity index (χ1n) is 7.81. The van der Waals surface area contributed by atoms with Crippen LogP contribution in [0.3, 0.4) is 0 Å². The average Bonchev–Trinajstić information content (AvgIpc) is 2.46. The van der Waals surface area contributed by atoms with E-state index < -0.39 is 7.32 Å². The molecule has 0 rings (SSSR count). The first-order chi connectivity index (χ1) is 10.1. The summed E-state index contributed by atoms with van der Waals surface area (Å²) in [6.45, 7) is 6.43. The van der Waals surface area contributed by atoms with E-state index in [9.17, 15) is 0 Å². The lowest BCUT2D eigenvalue weighted by Gasteiger charge is -2.25. The maximum Gasteiger partial charge on any atom is 0.641 e. The zero-order valence-corrected chi connectivity index (χ0v) is 16.6. The Morgan fingerprint density at radius 1 is 0.810 bits per heavy atom. The van der Waals surface area contributed by atoms with Crippen LogP contribution >= 0.6 is 36.2 Å². The molecule has 126 valence electrons. The SMILES string of the molecule is CCCC(S)OB(OC(CCC)SC)OC(CCC)SC. The molecule has 0 spiro atoms. The van der Waals surface area contributed by atoms with Crippen LogP contribution in [0.5, 0.6) is 0 Å². The van der Waals surface area contributed by atoms with Crippen molar-refractivity contribution in [3.8, 4) is 0 Å². The van der Waals surface area contributed by atoms with E-state index in [4.69, 9.17) is 14.0 Å². The molecule has 0 aromatic heterocycles. The molecule has 0 aliphatic heterocycles. The molecule has 0 fully saturated rings. The molecule has 0 bridgehead atoms. The summed E-state index contributed by atoms with van der Waals surface area (Å²) in [5.41, 5.74) is 0.0610. The van der Waals surface area contributed by atoms with Crippen molar-refractivity contribution in [3.63, 3.8) is 0 Å². The molecule has 7 heteroatoms. The standard InChI is InChI=1S/C14H31BO3S3/c1-6-9-12(19)16-15(17-13(20-4)10-7-2)18-14(21-5)11-8-3/h12-14,19H,6-11H2,1-5H3. The third kappa shape index (κ3) is 11.2. The minimum absolute atomic E-state index is 0.103. The summed E-state index contributed by atoms with van der Waals surface area (Å²) in [6.07, 6.45) is 10.2. The lowest BCUT2D eigenvalue weighted by Crippen LogP contribution is -2.36. The van der Waals surface area contributed by atoms with Crippen LogP contribution in [0.4, 0.5) is 0 Å². The van der Waals surface area contributed by atoms with Crippen molar-refractivity contribution in [2.45, 2.75) is 75.6 Å². The van der Waals surface area contributed by atoms with E-state index in [-0.39, 0.29) is 16.3 Å². The molecule has 3 unspecified atom stereocenters. The van der Waals surface area contributed by atoms with E-state index in [1.807, 2.05) is 0 Å². The fourth-order valence-electron chi connectivity index (χ4n) is 1.74. The quantitative estimate of drug-likeness (QED) is 0.267. The number of hydrogen-bond donors (Lipinski definition) is 1. The number of rotatable bonds is 14. The van der Waals surface area contributed by atoms with Crippen LogP contribution in [-0.4, -0.2) is 36.1 Å². The molecular weight excluding hydrogens is 323 g/mol. The summed E-state index contributed by atoms with van der Waals surface area (Å²) in [6, 6.07) is 0. The van der Waals surface area contributed by atoms with Gasteiger partial charge in [-0.3, -0.25) is 0 Å². The highest BCUT2D eigenvalue weighted by Crippen LogP contribution is 2.22. The topological polar surface area (TPSA) is 27.7 Å². The maximum atomic E-state index is 5.99. The molecule has 0 aliphatic rings. The molecule has 0 aromatic carbocycles. The second-order valence-electron chi connectivity index (χ2n) is 4.85. The van der Waals surface area contributed by atoms with Crippen LogP contribution in [0.2, 0.25) is 0 Å². The highest BCUT2D eigenvalue weighted by Gasteiger charge is 2.30. The van der Waals surface area contributed by atoms with Gasteiger partial charge in [0.25, 0.3) is 0 Å². The lowest BCUT2D eigenvalue weighted by atomic mass is 10.2. The first kappa shape index (κ1) is 22.0. The molecule has 0 heterocycles. The van der Waals surface area contributed by atoms with Gasteiger partial charge in [-0.05, 0) is 31.8 Å². The fourth-order valence-corrected chi connectivity index (χ4v) is 3.45.